The normalized spacial score (nSPS) is 12.5. The molecule has 1 amide bonds. The van der Waals surface area contributed by atoms with E-state index in [0.29, 0.717) is 29.8 Å². The SMILES string of the molecule is COCCn1c(SC(C)C(=O)Nc2cc(C)on2)nc2cc(Cl)ccc21. The number of aryl methyl sites for hydroxylation is 1. The molecular weight excluding hydrogens is 376 g/mol. The number of hydrogen-bond donors (Lipinski definition) is 1. The van der Waals surface area contributed by atoms with E-state index in [1.807, 2.05) is 29.7 Å². The van der Waals surface area contributed by atoms with E-state index in [-0.39, 0.29) is 11.2 Å². The topological polar surface area (TPSA) is 82.2 Å². The molecular formula is C17H19ClN4O3S. The lowest BCUT2D eigenvalue weighted by molar-refractivity contribution is -0.115. The number of nitrogens with zero attached hydrogens (tertiary/aromatic N) is 3. The highest BCUT2D eigenvalue weighted by Crippen LogP contribution is 2.29. The Balaban J connectivity index is 1.80. The number of benzene rings is 1. The summed E-state index contributed by atoms with van der Waals surface area (Å²) in [5.74, 6) is 0.866. The molecule has 2 aromatic heterocycles. The monoisotopic (exact) mass is 394 g/mol. The minimum Gasteiger partial charge on any atom is -0.383 e. The van der Waals surface area contributed by atoms with Gasteiger partial charge in [0.05, 0.1) is 22.9 Å². The Morgan fingerprint density at radius 3 is 2.96 bits per heavy atom. The van der Waals surface area contributed by atoms with E-state index < -0.39 is 0 Å². The fourth-order valence-electron chi connectivity index (χ4n) is 2.43. The minimum absolute atomic E-state index is 0.174. The molecule has 0 saturated heterocycles. The van der Waals surface area contributed by atoms with Crippen LogP contribution in [0.1, 0.15) is 12.7 Å². The lowest BCUT2D eigenvalue weighted by Crippen LogP contribution is -2.23. The van der Waals surface area contributed by atoms with Gasteiger partial charge in [0.1, 0.15) is 5.76 Å². The van der Waals surface area contributed by atoms with Crippen LogP contribution < -0.4 is 5.32 Å². The average molecular weight is 395 g/mol. The second-order valence-electron chi connectivity index (χ2n) is 5.74. The van der Waals surface area contributed by atoms with Gasteiger partial charge in [0.15, 0.2) is 11.0 Å². The molecule has 26 heavy (non-hydrogen) atoms. The van der Waals surface area contributed by atoms with Crippen molar-refractivity contribution in [3.05, 3.63) is 35.0 Å². The molecule has 138 valence electrons. The summed E-state index contributed by atoms with van der Waals surface area (Å²) >= 11 is 7.44. The summed E-state index contributed by atoms with van der Waals surface area (Å²) in [6.45, 7) is 4.76. The first kappa shape index (κ1) is 18.8. The highest BCUT2D eigenvalue weighted by Gasteiger charge is 2.20. The zero-order chi connectivity index (χ0) is 18.7. The molecule has 0 aliphatic carbocycles. The Hall–Kier alpha value is -2.03. The van der Waals surface area contributed by atoms with Crippen molar-refractivity contribution >= 4 is 46.1 Å². The molecule has 1 unspecified atom stereocenters. The van der Waals surface area contributed by atoms with Crippen LogP contribution in [-0.4, -0.2) is 39.6 Å². The van der Waals surface area contributed by atoms with Crippen LogP contribution >= 0.6 is 23.4 Å². The Morgan fingerprint density at radius 2 is 2.27 bits per heavy atom. The maximum Gasteiger partial charge on any atom is 0.238 e. The van der Waals surface area contributed by atoms with Crippen molar-refractivity contribution in [3.63, 3.8) is 0 Å². The van der Waals surface area contributed by atoms with Crippen LogP contribution in [0.15, 0.2) is 33.9 Å². The summed E-state index contributed by atoms with van der Waals surface area (Å²) in [7, 11) is 1.65. The van der Waals surface area contributed by atoms with Crippen molar-refractivity contribution in [1.29, 1.82) is 0 Å². The standard InChI is InChI=1S/C17H19ClN4O3S/c1-10-8-15(21-25-10)20-16(23)11(2)26-17-19-13-9-12(18)4-5-14(13)22(17)6-7-24-3/h4-5,8-9,11H,6-7H2,1-3H3,(H,20,21,23). The molecule has 0 radical (unpaired) electrons. The van der Waals surface area contributed by atoms with Crippen molar-refractivity contribution in [2.45, 2.75) is 30.8 Å². The van der Waals surface area contributed by atoms with Crippen LogP contribution in [0, 0.1) is 6.92 Å². The molecule has 1 atom stereocenters. The summed E-state index contributed by atoms with van der Waals surface area (Å²) in [5, 5.41) is 7.50. The predicted molar refractivity (Wildman–Crippen MR) is 102 cm³/mol. The fourth-order valence-corrected chi connectivity index (χ4v) is 3.55. The highest BCUT2D eigenvalue weighted by molar-refractivity contribution is 8.00. The van der Waals surface area contributed by atoms with E-state index in [4.69, 9.17) is 20.9 Å². The summed E-state index contributed by atoms with van der Waals surface area (Å²) in [5.41, 5.74) is 1.74. The smallest absolute Gasteiger partial charge is 0.238 e. The highest BCUT2D eigenvalue weighted by atomic mass is 35.5. The number of halogens is 1. The van der Waals surface area contributed by atoms with Crippen molar-refractivity contribution < 1.29 is 14.1 Å². The molecule has 0 spiro atoms. The number of ether oxygens (including phenoxy) is 1. The van der Waals surface area contributed by atoms with Crippen LogP contribution in [0.5, 0.6) is 0 Å². The number of hydrogen-bond acceptors (Lipinski definition) is 6. The lowest BCUT2D eigenvalue weighted by atomic mass is 10.3. The number of methoxy groups -OCH3 is 1. The van der Waals surface area contributed by atoms with Gasteiger partial charge in [-0.15, -0.1) is 0 Å². The van der Waals surface area contributed by atoms with Gasteiger partial charge >= 0.3 is 0 Å². The van der Waals surface area contributed by atoms with Crippen LogP contribution in [0.3, 0.4) is 0 Å². The van der Waals surface area contributed by atoms with Gasteiger partial charge in [0, 0.05) is 24.7 Å². The Kier molecular flexibility index (Phi) is 5.85. The first-order valence-corrected chi connectivity index (χ1v) is 9.29. The number of amides is 1. The first-order valence-electron chi connectivity index (χ1n) is 8.03. The third kappa shape index (κ3) is 4.20. The lowest BCUT2D eigenvalue weighted by Gasteiger charge is -2.12. The van der Waals surface area contributed by atoms with Crippen LogP contribution in [0.25, 0.3) is 11.0 Å². The predicted octanol–water partition coefficient (Wildman–Crippen LogP) is 3.75. The van der Waals surface area contributed by atoms with Gasteiger partial charge in [-0.2, -0.15) is 0 Å². The average Bonchev–Trinajstić information content (AvgIpc) is 3.15. The molecule has 9 heteroatoms. The molecule has 1 aromatic carbocycles. The molecule has 1 N–H and O–H groups in total. The summed E-state index contributed by atoms with van der Waals surface area (Å²) < 4.78 is 12.2. The number of anilines is 1. The Bertz CT molecular complexity index is 924. The Labute approximate surface area is 160 Å². The van der Waals surface area contributed by atoms with Gasteiger partial charge in [-0.1, -0.05) is 28.5 Å². The van der Waals surface area contributed by atoms with Crippen LogP contribution in [0.2, 0.25) is 5.02 Å². The minimum atomic E-state index is -0.374. The van der Waals surface area contributed by atoms with Gasteiger partial charge < -0.3 is 19.1 Å². The Morgan fingerprint density at radius 1 is 1.46 bits per heavy atom. The molecule has 0 aliphatic heterocycles. The van der Waals surface area contributed by atoms with Crippen molar-refractivity contribution in [1.82, 2.24) is 14.7 Å². The number of imidazole rings is 1. The number of rotatable bonds is 7. The first-order chi connectivity index (χ1) is 12.5. The van der Waals surface area contributed by atoms with E-state index in [2.05, 4.69) is 15.5 Å². The van der Waals surface area contributed by atoms with E-state index in [1.165, 1.54) is 11.8 Å². The molecule has 2 heterocycles. The summed E-state index contributed by atoms with van der Waals surface area (Å²) in [4.78, 5) is 17.1. The fraction of sp³-hybridized carbons (Fsp3) is 0.353. The van der Waals surface area contributed by atoms with E-state index >= 15 is 0 Å². The van der Waals surface area contributed by atoms with Gasteiger partial charge in [0.25, 0.3) is 0 Å². The van der Waals surface area contributed by atoms with Gasteiger partial charge in [-0.3, -0.25) is 4.79 Å². The van der Waals surface area contributed by atoms with E-state index in [0.717, 1.165) is 16.2 Å². The number of fused-ring (bicyclic) bond motifs is 1. The largest absolute Gasteiger partial charge is 0.383 e. The maximum absolute atomic E-state index is 12.4. The third-order valence-electron chi connectivity index (χ3n) is 3.72. The van der Waals surface area contributed by atoms with Crippen LogP contribution in [-0.2, 0) is 16.1 Å². The zero-order valence-electron chi connectivity index (χ0n) is 14.7. The molecule has 0 aliphatic rings. The summed E-state index contributed by atoms with van der Waals surface area (Å²) in [6, 6.07) is 7.23. The van der Waals surface area contributed by atoms with E-state index in [9.17, 15) is 4.79 Å². The van der Waals surface area contributed by atoms with Crippen molar-refractivity contribution in [3.8, 4) is 0 Å². The van der Waals surface area contributed by atoms with Crippen LogP contribution in [0.4, 0.5) is 5.82 Å². The quantitative estimate of drug-likeness (QED) is 0.614. The second kappa shape index (κ2) is 8.11. The van der Waals surface area contributed by atoms with E-state index in [1.54, 1.807) is 20.1 Å². The number of carbonyl (C=O) groups is 1. The second-order valence-corrected chi connectivity index (χ2v) is 7.49. The number of carbonyl (C=O) groups excluding carboxylic acids is 1. The van der Waals surface area contributed by atoms with Gasteiger partial charge in [0.2, 0.25) is 5.91 Å². The van der Waals surface area contributed by atoms with Crippen molar-refractivity contribution in [2.24, 2.45) is 0 Å². The number of nitrogens with one attached hydrogen (secondary N) is 1. The molecule has 0 saturated carbocycles. The third-order valence-corrected chi connectivity index (χ3v) is 5.05. The van der Waals surface area contributed by atoms with Gasteiger partial charge in [-0.25, -0.2) is 4.98 Å². The van der Waals surface area contributed by atoms with Gasteiger partial charge in [-0.05, 0) is 32.0 Å². The summed E-state index contributed by atoms with van der Waals surface area (Å²) in [6.07, 6.45) is 0. The molecule has 3 rings (SSSR count). The molecule has 0 bridgehead atoms. The zero-order valence-corrected chi connectivity index (χ0v) is 16.2. The number of aromatic nitrogens is 3. The molecule has 0 fully saturated rings. The maximum atomic E-state index is 12.4. The molecule has 3 aromatic rings. The number of thioether (sulfide) groups is 1. The molecule has 7 nitrogen and oxygen atoms in total. The van der Waals surface area contributed by atoms with Crippen molar-refractivity contribution in [2.75, 3.05) is 19.0 Å².